The maximum absolute atomic E-state index is 11.5. The van der Waals surface area contributed by atoms with Gasteiger partial charge in [-0.25, -0.2) is 0 Å². The molecule has 6 nitrogen and oxygen atoms in total. The Balaban J connectivity index is 3.95. The van der Waals surface area contributed by atoms with E-state index in [2.05, 4.69) is 10.6 Å². The minimum absolute atomic E-state index is 0.111. The largest absolute Gasteiger partial charge is 0.468 e. The number of nitrogens with one attached hydrogen (secondary N) is 2. The van der Waals surface area contributed by atoms with Crippen LogP contribution in [0.2, 0.25) is 0 Å². The molecule has 0 spiro atoms. The molecule has 1 atom stereocenters. The SMILES string of the molecule is COCCCNC(=O)CNC(CC(C)C)C(=O)OC. The van der Waals surface area contributed by atoms with Crippen molar-refractivity contribution < 1.29 is 19.1 Å². The highest BCUT2D eigenvalue weighted by Crippen LogP contribution is 2.05. The van der Waals surface area contributed by atoms with Crippen LogP contribution in [-0.2, 0) is 19.1 Å². The van der Waals surface area contributed by atoms with Crippen LogP contribution in [-0.4, -0.2) is 51.8 Å². The Morgan fingerprint density at radius 1 is 1.21 bits per heavy atom. The summed E-state index contributed by atoms with van der Waals surface area (Å²) >= 11 is 0. The lowest BCUT2D eigenvalue weighted by atomic mass is 10.0. The molecule has 0 bridgehead atoms. The standard InChI is InChI=1S/C13H26N2O4/c1-10(2)8-11(13(17)19-4)15-9-12(16)14-6-5-7-18-3/h10-11,15H,5-9H2,1-4H3,(H,14,16). The predicted molar refractivity (Wildman–Crippen MR) is 72.8 cm³/mol. The van der Waals surface area contributed by atoms with E-state index in [1.807, 2.05) is 13.8 Å². The summed E-state index contributed by atoms with van der Waals surface area (Å²) in [7, 11) is 2.97. The molecule has 19 heavy (non-hydrogen) atoms. The van der Waals surface area contributed by atoms with Crippen molar-refractivity contribution in [2.45, 2.75) is 32.7 Å². The predicted octanol–water partition coefficient (Wildman–Crippen LogP) is 0.316. The van der Waals surface area contributed by atoms with Crippen LogP contribution in [0.3, 0.4) is 0 Å². The number of amides is 1. The lowest BCUT2D eigenvalue weighted by molar-refractivity contribution is -0.143. The van der Waals surface area contributed by atoms with Crippen LogP contribution in [0.25, 0.3) is 0 Å². The fourth-order valence-electron chi connectivity index (χ4n) is 1.60. The fraction of sp³-hybridized carbons (Fsp3) is 0.846. The van der Waals surface area contributed by atoms with Crippen LogP contribution in [0, 0.1) is 5.92 Å². The molecular weight excluding hydrogens is 248 g/mol. The summed E-state index contributed by atoms with van der Waals surface area (Å²) in [5, 5.41) is 5.67. The highest BCUT2D eigenvalue weighted by molar-refractivity contribution is 5.80. The van der Waals surface area contributed by atoms with Crippen LogP contribution in [0.5, 0.6) is 0 Å². The lowest BCUT2D eigenvalue weighted by Crippen LogP contribution is -2.44. The van der Waals surface area contributed by atoms with Gasteiger partial charge in [0.15, 0.2) is 0 Å². The zero-order chi connectivity index (χ0) is 14.7. The molecule has 1 unspecified atom stereocenters. The third kappa shape index (κ3) is 9.44. The van der Waals surface area contributed by atoms with Gasteiger partial charge in [0.05, 0.1) is 13.7 Å². The highest BCUT2D eigenvalue weighted by atomic mass is 16.5. The van der Waals surface area contributed by atoms with E-state index in [0.29, 0.717) is 25.5 Å². The second-order valence-electron chi connectivity index (χ2n) is 4.78. The number of hydrogen-bond donors (Lipinski definition) is 2. The van der Waals surface area contributed by atoms with Gasteiger partial charge in [-0.3, -0.25) is 14.9 Å². The van der Waals surface area contributed by atoms with Crippen molar-refractivity contribution in [2.24, 2.45) is 5.92 Å². The molecule has 0 rings (SSSR count). The van der Waals surface area contributed by atoms with Crippen molar-refractivity contribution in [3.8, 4) is 0 Å². The maximum atomic E-state index is 11.5. The summed E-state index contributed by atoms with van der Waals surface area (Å²) in [6, 6.07) is -0.435. The van der Waals surface area contributed by atoms with E-state index in [1.54, 1.807) is 7.11 Å². The fourth-order valence-corrected chi connectivity index (χ4v) is 1.60. The number of carbonyl (C=O) groups is 2. The van der Waals surface area contributed by atoms with Crippen molar-refractivity contribution in [3.63, 3.8) is 0 Å². The van der Waals surface area contributed by atoms with Gasteiger partial charge in [-0.2, -0.15) is 0 Å². The third-order valence-corrected chi connectivity index (χ3v) is 2.55. The van der Waals surface area contributed by atoms with Crippen molar-refractivity contribution in [1.82, 2.24) is 10.6 Å². The lowest BCUT2D eigenvalue weighted by Gasteiger charge is -2.18. The van der Waals surface area contributed by atoms with E-state index in [-0.39, 0.29) is 18.4 Å². The molecule has 0 saturated carbocycles. The molecule has 0 radical (unpaired) electrons. The zero-order valence-electron chi connectivity index (χ0n) is 12.3. The molecular formula is C13H26N2O4. The van der Waals surface area contributed by atoms with Crippen molar-refractivity contribution in [2.75, 3.05) is 33.9 Å². The van der Waals surface area contributed by atoms with Crippen molar-refractivity contribution >= 4 is 11.9 Å². The number of rotatable bonds is 10. The smallest absolute Gasteiger partial charge is 0.322 e. The molecule has 0 heterocycles. The first kappa shape index (κ1) is 17.9. The Morgan fingerprint density at radius 2 is 1.89 bits per heavy atom. The first-order chi connectivity index (χ1) is 9.01. The molecule has 0 aromatic heterocycles. The second-order valence-corrected chi connectivity index (χ2v) is 4.78. The van der Waals surface area contributed by atoms with Gasteiger partial charge in [0, 0.05) is 20.3 Å². The minimum Gasteiger partial charge on any atom is -0.468 e. The van der Waals surface area contributed by atoms with Crippen molar-refractivity contribution in [1.29, 1.82) is 0 Å². The summed E-state index contributed by atoms with van der Waals surface area (Å²) < 4.78 is 9.59. The quantitative estimate of drug-likeness (QED) is 0.443. The first-order valence-corrected chi connectivity index (χ1v) is 6.58. The molecule has 0 aromatic rings. The Bertz CT molecular complexity index is 269. The summed E-state index contributed by atoms with van der Waals surface area (Å²) in [4.78, 5) is 23.1. The molecule has 2 N–H and O–H groups in total. The van der Waals surface area contributed by atoms with Crippen LogP contribution < -0.4 is 10.6 Å². The molecule has 0 saturated heterocycles. The van der Waals surface area contributed by atoms with E-state index in [4.69, 9.17) is 9.47 Å². The Hall–Kier alpha value is -1.14. The van der Waals surface area contributed by atoms with E-state index in [0.717, 1.165) is 6.42 Å². The first-order valence-electron chi connectivity index (χ1n) is 6.58. The van der Waals surface area contributed by atoms with Crippen molar-refractivity contribution in [3.05, 3.63) is 0 Å². The molecule has 0 aromatic carbocycles. The van der Waals surface area contributed by atoms with Gasteiger partial charge in [0.1, 0.15) is 6.04 Å². The molecule has 1 amide bonds. The van der Waals surface area contributed by atoms with Gasteiger partial charge in [-0.1, -0.05) is 13.8 Å². The third-order valence-electron chi connectivity index (χ3n) is 2.55. The van der Waals surface area contributed by atoms with Gasteiger partial charge >= 0.3 is 5.97 Å². The summed E-state index contributed by atoms with van der Waals surface area (Å²) in [6.45, 7) is 5.33. The molecule has 112 valence electrons. The average Bonchev–Trinajstić information content (AvgIpc) is 2.38. The van der Waals surface area contributed by atoms with Crippen LogP contribution in [0.4, 0.5) is 0 Å². The number of hydrogen-bond acceptors (Lipinski definition) is 5. The van der Waals surface area contributed by atoms with Crippen LogP contribution in [0.15, 0.2) is 0 Å². The number of carbonyl (C=O) groups excluding carboxylic acids is 2. The number of esters is 1. The Morgan fingerprint density at radius 3 is 2.42 bits per heavy atom. The molecule has 0 aliphatic rings. The minimum atomic E-state index is -0.435. The second kappa shape index (κ2) is 10.8. The van der Waals surface area contributed by atoms with E-state index < -0.39 is 6.04 Å². The average molecular weight is 274 g/mol. The molecule has 0 aliphatic carbocycles. The van der Waals surface area contributed by atoms with Gasteiger partial charge in [0.2, 0.25) is 5.91 Å². The van der Waals surface area contributed by atoms with Gasteiger partial charge in [0.25, 0.3) is 0 Å². The topological polar surface area (TPSA) is 76.7 Å². The highest BCUT2D eigenvalue weighted by Gasteiger charge is 2.20. The molecule has 0 fully saturated rings. The van der Waals surface area contributed by atoms with E-state index in [9.17, 15) is 9.59 Å². The van der Waals surface area contributed by atoms with Gasteiger partial charge in [-0.15, -0.1) is 0 Å². The zero-order valence-corrected chi connectivity index (χ0v) is 12.3. The summed E-state index contributed by atoms with van der Waals surface area (Å²) in [5.74, 6) is -0.115. The number of methoxy groups -OCH3 is 2. The number of ether oxygens (including phenoxy) is 2. The Kier molecular flexibility index (Phi) is 10.1. The van der Waals surface area contributed by atoms with Gasteiger partial charge < -0.3 is 14.8 Å². The molecule has 0 aliphatic heterocycles. The van der Waals surface area contributed by atoms with Gasteiger partial charge in [-0.05, 0) is 18.8 Å². The molecule has 6 heteroatoms. The van der Waals surface area contributed by atoms with Crippen LogP contribution in [0.1, 0.15) is 26.7 Å². The van der Waals surface area contributed by atoms with Crippen LogP contribution >= 0.6 is 0 Å². The monoisotopic (exact) mass is 274 g/mol. The summed E-state index contributed by atoms with van der Waals surface area (Å²) in [5.41, 5.74) is 0. The maximum Gasteiger partial charge on any atom is 0.322 e. The van der Waals surface area contributed by atoms with E-state index >= 15 is 0 Å². The van der Waals surface area contributed by atoms with E-state index in [1.165, 1.54) is 7.11 Å². The Labute approximate surface area is 115 Å². The normalized spacial score (nSPS) is 12.3. The summed E-state index contributed by atoms with van der Waals surface area (Å²) in [6.07, 6.45) is 1.41.